The van der Waals surface area contributed by atoms with E-state index in [4.69, 9.17) is 4.98 Å². The summed E-state index contributed by atoms with van der Waals surface area (Å²) in [7, 11) is 0. The van der Waals surface area contributed by atoms with Crippen LogP contribution in [0.4, 0.5) is 5.82 Å². The minimum Gasteiger partial charge on any atom is -0.368 e. The van der Waals surface area contributed by atoms with E-state index in [1.54, 1.807) is 0 Å². The highest BCUT2D eigenvalue weighted by molar-refractivity contribution is 6.07. The molecule has 2 fully saturated rings. The molecule has 0 spiro atoms. The molecule has 1 aromatic carbocycles. The molecule has 5 heteroatoms. The van der Waals surface area contributed by atoms with Crippen LogP contribution in [-0.4, -0.2) is 47.5 Å². The molecule has 2 atom stereocenters. The zero-order valence-electron chi connectivity index (χ0n) is 16.4. The molecule has 1 saturated carbocycles. The summed E-state index contributed by atoms with van der Waals surface area (Å²) in [5.74, 6) is 1.57. The SMILES string of the molecule is C[C@H]1CCCN([C@@H](C)CNc2cc(C(=O)NC3CC3)c3ccccc3n2)C1. The highest BCUT2D eigenvalue weighted by Gasteiger charge is 2.25. The van der Waals surface area contributed by atoms with Gasteiger partial charge in [0.25, 0.3) is 5.91 Å². The summed E-state index contributed by atoms with van der Waals surface area (Å²) in [5.41, 5.74) is 1.58. The Balaban J connectivity index is 1.50. The van der Waals surface area contributed by atoms with Gasteiger partial charge >= 0.3 is 0 Å². The molecule has 1 aromatic heterocycles. The van der Waals surface area contributed by atoms with Gasteiger partial charge in [0, 0.05) is 30.6 Å². The number of nitrogens with one attached hydrogen (secondary N) is 2. The van der Waals surface area contributed by atoms with Gasteiger partial charge in [0.2, 0.25) is 0 Å². The van der Waals surface area contributed by atoms with Crippen molar-refractivity contribution in [2.24, 2.45) is 5.92 Å². The molecule has 2 heterocycles. The predicted molar refractivity (Wildman–Crippen MR) is 110 cm³/mol. The molecule has 4 rings (SSSR count). The molecule has 2 N–H and O–H groups in total. The minimum atomic E-state index is 0.0112. The molecule has 0 bridgehead atoms. The Kier molecular flexibility index (Phi) is 5.30. The molecule has 0 unspecified atom stereocenters. The van der Waals surface area contributed by atoms with Crippen LogP contribution in [0.3, 0.4) is 0 Å². The third kappa shape index (κ3) is 4.41. The summed E-state index contributed by atoms with van der Waals surface area (Å²) in [4.78, 5) is 20.0. The average molecular weight is 367 g/mol. The number of carbonyl (C=O) groups is 1. The van der Waals surface area contributed by atoms with Crippen molar-refractivity contribution in [1.82, 2.24) is 15.2 Å². The van der Waals surface area contributed by atoms with Crippen molar-refractivity contribution in [3.63, 3.8) is 0 Å². The van der Waals surface area contributed by atoms with Crippen LogP contribution >= 0.6 is 0 Å². The quantitative estimate of drug-likeness (QED) is 0.819. The van der Waals surface area contributed by atoms with Gasteiger partial charge in [0.15, 0.2) is 0 Å². The molecule has 1 aliphatic heterocycles. The van der Waals surface area contributed by atoms with Crippen molar-refractivity contribution in [2.75, 3.05) is 25.0 Å². The number of amides is 1. The van der Waals surface area contributed by atoms with Crippen LogP contribution in [0.1, 0.15) is 49.9 Å². The number of likely N-dealkylation sites (tertiary alicyclic amines) is 1. The van der Waals surface area contributed by atoms with Gasteiger partial charge < -0.3 is 10.6 Å². The van der Waals surface area contributed by atoms with E-state index in [1.807, 2.05) is 30.3 Å². The van der Waals surface area contributed by atoms with Crippen LogP contribution in [0.25, 0.3) is 10.9 Å². The largest absolute Gasteiger partial charge is 0.368 e. The fourth-order valence-corrected chi connectivity index (χ4v) is 3.95. The van der Waals surface area contributed by atoms with E-state index in [0.717, 1.165) is 42.0 Å². The first-order valence-electron chi connectivity index (χ1n) is 10.3. The van der Waals surface area contributed by atoms with Crippen LogP contribution in [-0.2, 0) is 0 Å². The molecule has 5 nitrogen and oxygen atoms in total. The maximum Gasteiger partial charge on any atom is 0.252 e. The Morgan fingerprint density at radius 3 is 2.89 bits per heavy atom. The number of benzene rings is 1. The van der Waals surface area contributed by atoms with E-state index in [2.05, 4.69) is 29.4 Å². The third-order valence-corrected chi connectivity index (χ3v) is 5.76. The molecule has 0 radical (unpaired) electrons. The number of fused-ring (bicyclic) bond motifs is 1. The first-order valence-corrected chi connectivity index (χ1v) is 10.3. The third-order valence-electron chi connectivity index (χ3n) is 5.76. The summed E-state index contributed by atoms with van der Waals surface area (Å²) in [6.07, 6.45) is 4.80. The van der Waals surface area contributed by atoms with Crippen LogP contribution in [0.2, 0.25) is 0 Å². The fourth-order valence-electron chi connectivity index (χ4n) is 3.95. The van der Waals surface area contributed by atoms with Crippen molar-refractivity contribution in [3.05, 3.63) is 35.9 Å². The number of carbonyl (C=O) groups excluding carboxylic acids is 1. The Hall–Kier alpha value is -2.14. The molecule has 1 amide bonds. The van der Waals surface area contributed by atoms with Crippen LogP contribution < -0.4 is 10.6 Å². The normalized spacial score (nSPS) is 21.8. The lowest BCUT2D eigenvalue weighted by atomic mass is 9.99. The lowest BCUT2D eigenvalue weighted by Gasteiger charge is -2.35. The molecule has 2 aromatic rings. The van der Waals surface area contributed by atoms with Crippen molar-refractivity contribution >= 4 is 22.6 Å². The lowest BCUT2D eigenvalue weighted by Crippen LogP contribution is -2.43. The van der Waals surface area contributed by atoms with Gasteiger partial charge in [-0.3, -0.25) is 9.69 Å². The Bertz CT molecular complexity index is 817. The average Bonchev–Trinajstić information content (AvgIpc) is 3.49. The number of piperidine rings is 1. The van der Waals surface area contributed by atoms with Crippen molar-refractivity contribution < 1.29 is 4.79 Å². The molecule has 2 aliphatic rings. The first kappa shape index (κ1) is 18.2. The van der Waals surface area contributed by atoms with Gasteiger partial charge in [-0.1, -0.05) is 25.1 Å². The second kappa shape index (κ2) is 7.85. The van der Waals surface area contributed by atoms with Crippen molar-refractivity contribution in [2.45, 2.75) is 51.6 Å². The number of anilines is 1. The van der Waals surface area contributed by atoms with E-state index in [9.17, 15) is 4.79 Å². The second-order valence-electron chi connectivity index (χ2n) is 8.29. The molecule has 1 aliphatic carbocycles. The minimum absolute atomic E-state index is 0.0112. The lowest BCUT2D eigenvalue weighted by molar-refractivity contribution is 0.0952. The summed E-state index contributed by atoms with van der Waals surface area (Å²) >= 11 is 0. The van der Waals surface area contributed by atoms with E-state index in [0.29, 0.717) is 17.6 Å². The second-order valence-corrected chi connectivity index (χ2v) is 8.29. The van der Waals surface area contributed by atoms with Gasteiger partial charge in [-0.15, -0.1) is 0 Å². The summed E-state index contributed by atoms with van der Waals surface area (Å²) in [5, 5.41) is 7.50. The molecular weight excluding hydrogens is 336 g/mol. The monoisotopic (exact) mass is 366 g/mol. The van der Waals surface area contributed by atoms with Crippen molar-refractivity contribution in [1.29, 1.82) is 0 Å². The number of nitrogens with zero attached hydrogens (tertiary/aromatic N) is 2. The van der Waals surface area contributed by atoms with Gasteiger partial charge in [-0.25, -0.2) is 4.98 Å². The molecule has 1 saturated heterocycles. The van der Waals surface area contributed by atoms with Gasteiger partial charge in [-0.2, -0.15) is 0 Å². The van der Waals surface area contributed by atoms with E-state index >= 15 is 0 Å². The Morgan fingerprint density at radius 1 is 1.30 bits per heavy atom. The first-order chi connectivity index (χ1) is 13.1. The maximum atomic E-state index is 12.7. The fraction of sp³-hybridized carbons (Fsp3) is 0.545. The number of hydrogen-bond acceptors (Lipinski definition) is 4. The zero-order chi connectivity index (χ0) is 18.8. The number of rotatable bonds is 6. The van der Waals surface area contributed by atoms with Crippen molar-refractivity contribution in [3.8, 4) is 0 Å². The summed E-state index contributed by atoms with van der Waals surface area (Å²) in [6.45, 7) is 7.78. The highest BCUT2D eigenvalue weighted by atomic mass is 16.1. The van der Waals surface area contributed by atoms with Crippen LogP contribution in [0.5, 0.6) is 0 Å². The topological polar surface area (TPSA) is 57.3 Å². The summed E-state index contributed by atoms with van der Waals surface area (Å²) in [6, 6.07) is 10.6. The molecule has 144 valence electrons. The summed E-state index contributed by atoms with van der Waals surface area (Å²) < 4.78 is 0. The smallest absolute Gasteiger partial charge is 0.252 e. The predicted octanol–water partition coefficient (Wildman–Crippen LogP) is 3.66. The van der Waals surface area contributed by atoms with Gasteiger partial charge in [0.1, 0.15) is 5.82 Å². The van der Waals surface area contributed by atoms with E-state index in [1.165, 1.54) is 25.9 Å². The maximum absolute atomic E-state index is 12.7. The Morgan fingerprint density at radius 2 is 2.11 bits per heavy atom. The number of aromatic nitrogens is 1. The van der Waals surface area contributed by atoms with E-state index < -0.39 is 0 Å². The number of pyridine rings is 1. The zero-order valence-corrected chi connectivity index (χ0v) is 16.4. The van der Waals surface area contributed by atoms with E-state index in [-0.39, 0.29) is 5.91 Å². The molecule has 27 heavy (non-hydrogen) atoms. The number of para-hydroxylation sites is 1. The number of hydrogen-bond donors (Lipinski definition) is 2. The van der Waals surface area contributed by atoms with Gasteiger partial charge in [-0.05, 0) is 57.2 Å². The standard InChI is InChI=1S/C22H30N4O/c1-15-6-5-11-26(14-15)16(2)13-23-21-12-19(22(27)24-17-9-10-17)18-7-3-4-8-20(18)25-21/h3-4,7-8,12,15-17H,5-6,9-11,13-14H2,1-2H3,(H,23,25)(H,24,27)/t15-,16-/m0/s1. The highest BCUT2D eigenvalue weighted by Crippen LogP contribution is 2.24. The molecular formula is C22H30N4O. The Labute approximate surface area is 161 Å². The van der Waals surface area contributed by atoms with Gasteiger partial charge in [0.05, 0.1) is 11.1 Å². The van der Waals surface area contributed by atoms with Crippen LogP contribution in [0.15, 0.2) is 30.3 Å². The van der Waals surface area contributed by atoms with Crippen LogP contribution in [0, 0.1) is 5.92 Å².